The second-order valence-corrected chi connectivity index (χ2v) is 8.12. The third-order valence-electron chi connectivity index (χ3n) is 6.11. The minimum atomic E-state index is -0.309. The van der Waals surface area contributed by atoms with Crippen molar-refractivity contribution in [3.05, 3.63) is 64.2 Å². The Morgan fingerprint density at radius 2 is 1.93 bits per heavy atom. The van der Waals surface area contributed by atoms with E-state index in [1.54, 1.807) is 12.3 Å². The van der Waals surface area contributed by atoms with Gasteiger partial charge in [-0.05, 0) is 31.0 Å². The fraction of sp³-hybridized carbons (Fsp3) is 0.381. The van der Waals surface area contributed by atoms with Crippen molar-refractivity contribution in [1.29, 1.82) is 0 Å². The van der Waals surface area contributed by atoms with Crippen molar-refractivity contribution >= 4 is 17.1 Å². The lowest BCUT2D eigenvalue weighted by Gasteiger charge is -2.25. The summed E-state index contributed by atoms with van der Waals surface area (Å²) in [6.45, 7) is 4.65. The number of amides is 1. The lowest BCUT2D eigenvalue weighted by molar-refractivity contribution is 0.0773. The molecule has 2 aliphatic rings. The molecule has 144 valence electrons. The minimum absolute atomic E-state index is 0.00478. The molecule has 2 saturated heterocycles. The summed E-state index contributed by atoms with van der Waals surface area (Å²) in [6, 6.07) is 12.3. The fourth-order valence-corrected chi connectivity index (χ4v) is 4.67. The Hall–Kier alpha value is -2.93. The summed E-state index contributed by atoms with van der Waals surface area (Å²) < 4.78 is 0. The molecule has 0 bridgehead atoms. The summed E-state index contributed by atoms with van der Waals surface area (Å²) in [5, 5.41) is 0. The first-order chi connectivity index (χ1) is 13.6. The van der Waals surface area contributed by atoms with E-state index in [-0.39, 0.29) is 17.0 Å². The topological polar surface area (TPSA) is 85.1 Å². The molecule has 1 unspecified atom stereocenters. The van der Waals surface area contributed by atoms with E-state index in [0.717, 1.165) is 45.6 Å². The maximum absolute atomic E-state index is 13.0. The first-order valence-electron chi connectivity index (χ1n) is 9.74. The van der Waals surface area contributed by atoms with Crippen molar-refractivity contribution in [2.24, 2.45) is 5.41 Å². The van der Waals surface area contributed by atoms with Crippen LogP contribution in [0.2, 0.25) is 0 Å². The molecule has 2 aromatic heterocycles. The highest BCUT2D eigenvalue weighted by Crippen LogP contribution is 2.40. The van der Waals surface area contributed by atoms with Crippen LogP contribution < -0.4 is 5.69 Å². The molecule has 7 heteroatoms. The van der Waals surface area contributed by atoms with E-state index in [4.69, 9.17) is 0 Å². The number of pyridine rings is 1. The van der Waals surface area contributed by atoms with Crippen molar-refractivity contribution < 1.29 is 4.79 Å². The lowest BCUT2D eigenvalue weighted by atomic mass is 9.86. The van der Waals surface area contributed by atoms with Crippen LogP contribution >= 0.6 is 0 Å². The van der Waals surface area contributed by atoms with Gasteiger partial charge in [0.25, 0.3) is 5.91 Å². The van der Waals surface area contributed by atoms with E-state index < -0.39 is 0 Å². The Balaban J connectivity index is 1.27. The molecular formula is C21H23N5O2. The Bertz CT molecular complexity index is 1070. The van der Waals surface area contributed by atoms with Crippen molar-refractivity contribution in [3.8, 4) is 0 Å². The number of carbonyl (C=O) groups is 1. The van der Waals surface area contributed by atoms with Gasteiger partial charge >= 0.3 is 5.69 Å². The number of rotatable bonds is 3. The van der Waals surface area contributed by atoms with Crippen LogP contribution in [0.5, 0.6) is 0 Å². The van der Waals surface area contributed by atoms with Gasteiger partial charge in [0, 0.05) is 37.8 Å². The van der Waals surface area contributed by atoms with Crippen LogP contribution in [-0.2, 0) is 6.54 Å². The van der Waals surface area contributed by atoms with Crippen LogP contribution in [0.15, 0.2) is 47.4 Å². The van der Waals surface area contributed by atoms with Crippen molar-refractivity contribution in [3.63, 3.8) is 0 Å². The molecular weight excluding hydrogens is 354 g/mol. The van der Waals surface area contributed by atoms with Crippen LogP contribution in [0.25, 0.3) is 11.2 Å². The number of aromatic amines is 2. The van der Waals surface area contributed by atoms with Gasteiger partial charge < -0.3 is 9.88 Å². The number of fused-ring (bicyclic) bond motifs is 1. The van der Waals surface area contributed by atoms with Gasteiger partial charge in [-0.25, -0.2) is 9.78 Å². The fourth-order valence-electron chi connectivity index (χ4n) is 4.67. The van der Waals surface area contributed by atoms with Crippen molar-refractivity contribution in [2.45, 2.75) is 19.4 Å². The third-order valence-corrected chi connectivity index (χ3v) is 6.11. The first-order valence-corrected chi connectivity index (χ1v) is 9.74. The molecule has 2 fully saturated rings. The predicted octanol–water partition coefficient (Wildman–Crippen LogP) is 1.99. The quantitative estimate of drug-likeness (QED) is 0.731. The van der Waals surface area contributed by atoms with Crippen molar-refractivity contribution in [1.82, 2.24) is 24.8 Å². The molecule has 1 aromatic carbocycles. The number of H-pyrrole nitrogens is 2. The summed E-state index contributed by atoms with van der Waals surface area (Å²) >= 11 is 0. The van der Waals surface area contributed by atoms with E-state index in [9.17, 15) is 9.59 Å². The van der Waals surface area contributed by atoms with Crippen LogP contribution in [-0.4, -0.2) is 56.8 Å². The first kappa shape index (κ1) is 17.2. The normalized spacial score (nSPS) is 22.5. The van der Waals surface area contributed by atoms with E-state index in [0.29, 0.717) is 16.7 Å². The molecule has 0 saturated carbocycles. The molecule has 7 nitrogen and oxygen atoms in total. The zero-order valence-electron chi connectivity index (χ0n) is 15.6. The molecule has 2 N–H and O–H groups in total. The van der Waals surface area contributed by atoms with Gasteiger partial charge in [0.1, 0.15) is 0 Å². The molecule has 2 aliphatic heterocycles. The van der Waals surface area contributed by atoms with Crippen LogP contribution in [0.3, 0.4) is 0 Å². The molecule has 1 spiro atoms. The lowest BCUT2D eigenvalue weighted by Crippen LogP contribution is -2.34. The number of benzene rings is 1. The van der Waals surface area contributed by atoms with Crippen LogP contribution in [0.4, 0.5) is 0 Å². The molecule has 1 amide bonds. The molecule has 0 aliphatic carbocycles. The number of nitrogens with zero attached hydrogens (tertiary/aromatic N) is 3. The standard InChI is InChI=1S/C21H23N5O2/c27-19(16-10-17-18(22-11-16)24-20(28)23-17)26-9-7-21(14-26)6-8-25(13-21)12-15-4-2-1-3-5-15/h1-5,10-11H,6-9,12-14H2,(H2,22,23,24,28). The van der Waals surface area contributed by atoms with Gasteiger partial charge in [-0.1, -0.05) is 30.3 Å². The van der Waals surface area contributed by atoms with Gasteiger partial charge in [-0.2, -0.15) is 0 Å². The highest BCUT2D eigenvalue weighted by molar-refractivity contribution is 5.96. The van der Waals surface area contributed by atoms with Crippen molar-refractivity contribution in [2.75, 3.05) is 26.2 Å². The van der Waals surface area contributed by atoms with Gasteiger partial charge in [-0.3, -0.25) is 14.7 Å². The highest BCUT2D eigenvalue weighted by atomic mass is 16.2. The SMILES string of the molecule is O=C(c1cnc2[nH]c(=O)[nH]c2c1)N1CCC2(CCN(Cc3ccccc3)C2)C1. The average Bonchev–Trinajstić information content (AvgIpc) is 3.40. The highest BCUT2D eigenvalue weighted by Gasteiger charge is 2.44. The average molecular weight is 377 g/mol. The van der Waals surface area contributed by atoms with Gasteiger partial charge in [0.15, 0.2) is 5.65 Å². The summed E-state index contributed by atoms with van der Waals surface area (Å²) in [5.74, 6) is -0.00478. The van der Waals surface area contributed by atoms with Crippen LogP contribution in [0.1, 0.15) is 28.8 Å². The third kappa shape index (κ3) is 3.11. The number of imidazole rings is 1. The zero-order chi connectivity index (χ0) is 19.1. The maximum Gasteiger partial charge on any atom is 0.325 e. The van der Waals surface area contributed by atoms with E-state index in [2.05, 4.69) is 44.1 Å². The molecule has 0 radical (unpaired) electrons. The summed E-state index contributed by atoms with van der Waals surface area (Å²) in [4.78, 5) is 38.3. The Morgan fingerprint density at radius 1 is 1.11 bits per heavy atom. The molecule has 28 heavy (non-hydrogen) atoms. The number of carbonyl (C=O) groups excluding carboxylic acids is 1. The Kier molecular flexibility index (Phi) is 4.05. The summed E-state index contributed by atoms with van der Waals surface area (Å²) in [7, 11) is 0. The zero-order valence-corrected chi connectivity index (χ0v) is 15.6. The van der Waals surface area contributed by atoms with E-state index >= 15 is 0 Å². The van der Waals surface area contributed by atoms with Gasteiger partial charge in [0.2, 0.25) is 0 Å². The number of hydrogen-bond donors (Lipinski definition) is 2. The van der Waals surface area contributed by atoms with E-state index in [1.165, 1.54) is 5.56 Å². The second kappa shape index (κ2) is 6.60. The monoisotopic (exact) mass is 377 g/mol. The Morgan fingerprint density at radius 3 is 2.79 bits per heavy atom. The number of likely N-dealkylation sites (tertiary alicyclic amines) is 2. The van der Waals surface area contributed by atoms with E-state index in [1.807, 2.05) is 11.0 Å². The number of nitrogens with one attached hydrogen (secondary N) is 2. The second-order valence-electron chi connectivity index (χ2n) is 8.12. The maximum atomic E-state index is 13.0. The molecule has 3 aromatic rings. The van der Waals surface area contributed by atoms with Gasteiger partial charge in [-0.15, -0.1) is 0 Å². The molecule has 4 heterocycles. The summed E-state index contributed by atoms with van der Waals surface area (Å²) in [6.07, 6.45) is 3.72. The molecule has 5 rings (SSSR count). The molecule has 1 atom stereocenters. The number of hydrogen-bond acceptors (Lipinski definition) is 4. The predicted molar refractivity (Wildman–Crippen MR) is 106 cm³/mol. The summed E-state index contributed by atoms with van der Waals surface area (Å²) in [5.41, 5.74) is 2.80. The number of aromatic nitrogens is 3. The van der Waals surface area contributed by atoms with Gasteiger partial charge in [0.05, 0.1) is 11.1 Å². The largest absolute Gasteiger partial charge is 0.338 e. The van der Waals surface area contributed by atoms with Crippen LogP contribution in [0, 0.1) is 5.41 Å². The minimum Gasteiger partial charge on any atom is -0.338 e. The Labute approximate surface area is 162 Å². The smallest absolute Gasteiger partial charge is 0.325 e.